The zero-order valence-electron chi connectivity index (χ0n) is 13.8. The number of nitrogens with two attached hydrogens (primary N) is 1. The molecule has 2 aromatic rings. The van der Waals surface area contributed by atoms with Crippen molar-refractivity contribution in [3.63, 3.8) is 0 Å². The Morgan fingerprint density at radius 2 is 1.44 bits per heavy atom. The molecule has 1 fully saturated rings. The molecule has 1 aliphatic carbocycles. The molecule has 2 aromatic carbocycles. The first kappa shape index (κ1) is 17.4. The van der Waals surface area contributed by atoms with Crippen molar-refractivity contribution in [3.8, 4) is 0 Å². The van der Waals surface area contributed by atoms with Crippen molar-refractivity contribution in [1.82, 2.24) is 0 Å². The van der Waals surface area contributed by atoms with Gasteiger partial charge in [-0.2, -0.15) is 0 Å². The third-order valence-electron chi connectivity index (χ3n) is 4.13. The van der Waals surface area contributed by atoms with Crippen LogP contribution in [0.3, 0.4) is 0 Å². The third-order valence-corrected chi connectivity index (χ3v) is 5.48. The van der Waals surface area contributed by atoms with Crippen molar-refractivity contribution < 1.29 is 9.59 Å². The maximum absolute atomic E-state index is 12.3. The number of hydrogen-bond donors (Lipinski definition) is 3. The molecule has 25 heavy (non-hydrogen) atoms. The zero-order chi connectivity index (χ0) is 17.6. The standard InChI is InChI=1S/C19H21N3O2S/c20-19(24)22-15-7-5-13(6-8-15)18(23)21-14-9-11-17(12-10-14)25-16-3-1-2-4-16/h5-12,16H,1-4H2,(H,21,23)(H3,20,22,24). The van der Waals surface area contributed by atoms with Crippen molar-refractivity contribution >= 4 is 35.1 Å². The van der Waals surface area contributed by atoms with Crippen LogP contribution >= 0.6 is 11.8 Å². The van der Waals surface area contributed by atoms with Crippen molar-refractivity contribution in [3.05, 3.63) is 54.1 Å². The minimum atomic E-state index is -0.632. The molecular formula is C19H21N3O2S. The number of urea groups is 1. The van der Waals surface area contributed by atoms with Gasteiger partial charge in [0.1, 0.15) is 0 Å². The zero-order valence-corrected chi connectivity index (χ0v) is 14.6. The van der Waals surface area contributed by atoms with Crippen LogP contribution in [0.2, 0.25) is 0 Å². The van der Waals surface area contributed by atoms with Crippen LogP contribution in [0, 0.1) is 0 Å². The van der Waals surface area contributed by atoms with Crippen LogP contribution in [0.5, 0.6) is 0 Å². The van der Waals surface area contributed by atoms with E-state index >= 15 is 0 Å². The minimum Gasteiger partial charge on any atom is -0.351 e. The van der Waals surface area contributed by atoms with E-state index in [9.17, 15) is 9.59 Å². The molecule has 1 aliphatic rings. The van der Waals surface area contributed by atoms with Crippen molar-refractivity contribution in [2.24, 2.45) is 5.73 Å². The summed E-state index contributed by atoms with van der Waals surface area (Å²) < 4.78 is 0. The Bertz CT molecular complexity index is 738. The van der Waals surface area contributed by atoms with Crippen molar-refractivity contribution in [1.29, 1.82) is 0 Å². The van der Waals surface area contributed by atoms with E-state index < -0.39 is 6.03 Å². The number of carbonyl (C=O) groups excluding carboxylic acids is 2. The first-order valence-electron chi connectivity index (χ1n) is 8.35. The minimum absolute atomic E-state index is 0.193. The molecule has 5 nitrogen and oxygen atoms in total. The topological polar surface area (TPSA) is 84.2 Å². The van der Waals surface area contributed by atoms with E-state index in [0.717, 1.165) is 10.9 Å². The van der Waals surface area contributed by atoms with Gasteiger partial charge in [-0.1, -0.05) is 12.8 Å². The van der Waals surface area contributed by atoms with Gasteiger partial charge in [0.15, 0.2) is 0 Å². The first-order valence-corrected chi connectivity index (χ1v) is 9.23. The van der Waals surface area contributed by atoms with Crippen LogP contribution in [-0.4, -0.2) is 17.2 Å². The van der Waals surface area contributed by atoms with Gasteiger partial charge in [-0.3, -0.25) is 4.79 Å². The predicted molar refractivity (Wildman–Crippen MR) is 102 cm³/mol. The lowest BCUT2D eigenvalue weighted by Crippen LogP contribution is -2.19. The van der Waals surface area contributed by atoms with Crippen LogP contribution in [0.1, 0.15) is 36.0 Å². The molecule has 130 valence electrons. The molecule has 0 saturated heterocycles. The average molecular weight is 355 g/mol. The number of anilines is 2. The lowest BCUT2D eigenvalue weighted by Gasteiger charge is -2.10. The lowest BCUT2D eigenvalue weighted by molar-refractivity contribution is 0.102. The van der Waals surface area contributed by atoms with Crippen LogP contribution in [0.4, 0.5) is 16.2 Å². The van der Waals surface area contributed by atoms with E-state index in [-0.39, 0.29) is 5.91 Å². The maximum Gasteiger partial charge on any atom is 0.316 e. The lowest BCUT2D eigenvalue weighted by atomic mass is 10.2. The van der Waals surface area contributed by atoms with E-state index in [1.807, 2.05) is 23.9 Å². The number of thioether (sulfide) groups is 1. The number of nitrogens with one attached hydrogen (secondary N) is 2. The molecule has 0 spiro atoms. The normalized spacial score (nSPS) is 14.2. The summed E-state index contributed by atoms with van der Waals surface area (Å²) in [6, 6.07) is 13.9. The van der Waals surface area contributed by atoms with Crippen molar-refractivity contribution in [2.75, 3.05) is 10.6 Å². The number of carbonyl (C=O) groups is 2. The Labute approximate surface area is 151 Å². The molecule has 4 N–H and O–H groups in total. The molecule has 0 aliphatic heterocycles. The fourth-order valence-electron chi connectivity index (χ4n) is 2.87. The largest absolute Gasteiger partial charge is 0.351 e. The second-order valence-electron chi connectivity index (χ2n) is 6.07. The summed E-state index contributed by atoms with van der Waals surface area (Å²) in [7, 11) is 0. The predicted octanol–water partition coefficient (Wildman–Crippen LogP) is 4.46. The Morgan fingerprint density at radius 1 is 0.880 bits per heavy atom. The first-order chi connectivity index (χ1) is 12.1. The summed E-state index contributed by atoms with van der Waals surface area (Å²) in [5, 5.41) is 6.07. The molecule has 0 atom stereocenters. The number of benzene rings is 2. The highest BCUT2D eigenvalue weighted by molar-refractivity contribution is 8.00. The SMILES string of the molecule is NC(=O)Nc1ccc(C(=O)Nc2ccc(SC3CCCC3)cc2)cc1. The Hall–Kier alpha value is -2.47. The molecule has 0 unspecified atom stereocenters. The van der Waals surface area contributed by atoms with E-state index in [2.05, 4.69) is 22.8 Å². The van der Waals surface area contributed by atoms with E-state index in [1.165, 1.54) is 30.6 Å². The van der Waals surface area contributed by atoms with Gasteiger partial charge in [0.25, 0.3) is 5.91 Å². The molecule has 0 heterocycles. The highest BCUT2D eigenvalue weighted by atomic mass is 32.2. The Morgan fingerprint density at radius 3 is 2.04 bits per heavy atom. The summed E-state index contributed by atoms with van der Waals surface area (Å²) >= 11 is 1.92. The van der Waals surface area contributed by atoms with Gasteiger partial charge in [-0.05, 0) is 61.4 Å². The van der Waals surface area contributed by atoms with Gasteiger partial charge >= 0.3 is 6.03 Å². The quantitative estimate of drug-likeness (QED) is 0.740. The smallest absolute Gasteiger partial charge is 0.316 e. The maximum atomic E-state index is 12.3. The van der Waals surface area contributed by atoms with Crippen LogP contribution in [0.25, 0.3) is 0 Å². The fraction of sp³-hybridized carbons (Fsp3) is 0.263. The van der Waals surface area contributed by atoms with Crippen LogP contribution < -0.4 is 16.4 Å². The molecule has 0 radical (unpaired) electrons. The monoisotopic (exact) mass is 355 g/mol. The molecule has 3 rings (SSSR count). The highest BCUT2D eigenvalue weighted by Gasteiger charge is 2.16. The van der Waals surface area contributed by atoms with Gasteiger partial charge in [-0.25, -0.2) is 4.79 Å². The summed E-state index contributed by atoms with van der Waals surface area (Å²) in [6.07, 6.45) is 5.26. The van der Waals surface area contributed by atoms with Crippen LogP contribution in [0.15, 0.2) is 53.4 Å². The number of hydrogen-bond acceptors (Lipinski definition) is 3. The van der Waals surface area contributed by atoms with E-state index in [1.54, 1.807) is 24.3 Å². The van der Waals surface area contributed by atoms with Gasteiger partial charge in [-0.15, -0.1) is 11.8 Å². The molecule has 0 aromatic heterocycles. The number of rotatable bonds is 5. The van der Waals surface area contributed by atoms with Crippen molar-refractivity contribution in [2.45, 2.75) is 35.8 Å². The summed E-state index contributed by atoms with van der Waals surface area (Å²) in [5.74, 6) is -0.193. The fourth-order valence-corrected chi connectivity index (χ4v) is 4.11. The average Bonchev–Trinajstić information content (AvgIpc) is 3.10. The number of amides is 3. The Kier molecular flexibility index (Phi) is 5.60. The molecular weight excluding hydrogens is 334 g/mol. The Balaban J connectivity index is 1.57. The van der Waals surface area contributed by atoms with Gasteiger partial charge in [0, 0.05) is 27.1 Å². The summed E-state index contributed by atoms with van der Waals surface area (Å²) in [5.41, 5.74) is 6.89. The molecule has 6 heteroatoms. The van der Waals surface area contributed by atoms with Gasteiger partial charge in [0.05, 0.1) is 0 Å². The molecule has 3 amide bonds. The summed E-state index contributed by atoms with van der Waals surface area (Å²) in [6.45, 7) is 0. The number of primary amides is 1. The van der Waals surface area contributed by atoms with E-state index in [0.29, 0.717) is 11.3 Å². The van der Waals surface area contributed by atoms with E-state index in [4.69, 9.17) is 5.73 Å². The molecule has 0 bridgehead atoms. The van der Waals surface area contributed by atoms with Crippen LogP contribution in [-0.2, 0) is 0 Å². The summed E-state index contributed by atoms with van der Waals surface area (Å²) in [4.78, 5) is 24.3. The molecule has 1 saturated carbocycles. The highest BCUT2D eigenvalue weighted by Crippen LogP contribution is 2.34. The third kappa shape index (κ3) is 5.00. The van der Waals surface area contributed by atoms with Gasteiger partial charge in [0.2, 0.25) is 0 Å². The van der Waals surface area contributed by atoms with Gasteiger partial charge < -0.3 is 16.4 Å². The second-order valence-corrected chi connectivity index (χ2v) is 7.44. The second kappa shape index (κ2) is 8.07.